The van der Waals surface area contributed by atoms with Crippen molar-refractivity contribution in [1.82, 2.24) is 25.6 Å². The quantitative estimate of drug-likeness (QED) is 0.620. The maximum absolute atomic E-state index is 12.7. The molecular weight excluding hydrogens is 440 g/mol. The topological polar surface area (TPSA) is 98.3 Å². The molecule has 1 saturated carbocycles. The lowest BCUT2D eigenvalue weighted by molar-refractivity contribution is -0.124. The first-order chi connectivity index (χ1) is 17.0. The standard InChI is InChI=1S/C26H36N8O/c1-17(2)20-15-33(11-10-27-20)19-6-7-22(28-14-19)31-25-29-13-18-12-21-24(35)30-16-26(8-4-3-5-9-26)34(21)23(18)32-25/h6-7,13-14,17,20-21,27H,3-5,8-12,15-16H2,1-2H3,(H,30,35)(H,28,29,31,32). The van der Waals surface area contributed by atoms with Gasteiger partial charge in [-0.2, -0.15) is 4.98 Å². The van der Waals surface area contributed by atoms with Crippen molar-refractivity contribution in [2.75, 3.05) is 41.3 Å². The van der Waals surface area contributed by atoms with E-state index in [2.05, 4.69) is 55.6 Å². The Morgan fingerprint density at radius 2 is 2.00 bits per heavy atom. The van der Waals surface area contributed by atoms with Gasteiger partial charge in [0.25, 0.3) is 0 Å². The Bertz CT molecular complexity index is 1080. The summed E-state index contributed by atoms with van der Waals surface area (Å²) in [5, 5.41) is 10.1. The van der Waals surface area contributed by atoms with Gasteiger partial charge >= 0.3 is 0 Å². The van der Waals surface area contributed by atoms with E-state index in [1.807, 2.05) is 18.5 Å². The summed E-state index contributed by atoms with van der Waals surface area (Å²) in [6.45, 7) is 8.20. The van der Waals surface area contributed by atoms with Crippen LogP contribution in [0.2, 0.25) is 0 Å². The smallest absolute Gasteiger partial charge is 0.243 e. The number of fused-ring (bicyclic) bond motifs is 4. The zero-order valence-electron chi connectivity index (χ0n) is 20.8. The van der Waals surface area contributed by atoms with Gasteiger partial charge in [-0.1, -0.05) is 33.1 Å². The molecule has 9 nitrogen and oxygen atoms in total. The van der Waals surface area contributed by atoms with E-state index < -0.39 is 0 Å². The Kier molecular flexibility index (Phi) is 5.75. The van der Waals surface area contributed by atoms with E-state index in [0.717, 1.165) is 55.4 Å². The molecule has 0 radical (unpaired) electrons. The number of amides is 1. The summed E-state index contributed by atoms with van der Waals surface area (Å²) >= 11 is 0. The fourth-order valence-electron chi connectivity index (χ4n) is 6.33. The van der Waals surface area contributed by atoms with Crippen molar-refractivity contribution in [2.24, 2.45) is 5.92 Å². The molecule has 0 bridgehead atoms. The van der Waals surface area contributed by atoms with Crippen molar-refractivity contribution in [2.45, 2.75) is 70.0 Å². The molecule has 2 atom stereocenters. The van der Waals surface area contributed by atoms with Gasteiger partial charge in [-0.05, 0) is 30.9 Å². The highest BCUT2D eigenvalue weighted by atomic mass is 16.2. The lowest BCUT2D eigenvalue weighted by Crippen LogP contribution is -2.67. The highest BCUT2D eigenvalue weighted by Gasteiger charge is 2.51. The van der Waals surface area contributed by atoms with Crippen molar-refractivity contribution in [3.05, 3.63) is 30.1 Å². The van der Waals surface area contributed by atoms with Gasteiger partial charge in [0.2, 0.25) is 11.9 Å². The second-order valence-electron chi connectivity index (χ2n) is 10.9. The number of nitrogens with zero attached hydrogens (tertiary/aromatic N) is 5. The molecule has 2 aromatic rings. The third-order valence-electron chi connectivity index (χ3n) is 8.35. The number of aromatic nitrogens is 3. The van der Waals surface area contributed by atoms with Crippen LogP contribution in [-0.4, -0.2) is 64.7 Å². The van der Waals surface area contributed by atoms with Crippen molar-refractivity contribution in [3.63, 3.8) is 0 Å². The van der Waals surface area contributed by atoms with Crippen LogP contribution in [0.15, 0.2) is 24.5 Å². The highest BCUT2D eigenvalue weighted by Crippen LogP contribution is 2.44. The molecule has 1 spiro atoms. The van der Waals surface area contributed by atoms with E-state index in [0.29, 0.717) is 30.9 Å². The third kappa shape index (κ3) is 4.09. The second kappa shape index (κ2) is 8.93. The molecule has 186 valence electrons. The molecule has 3 N–H and O–H groups in total. The zero-order valence-corrected chi connectivity index (χ0v) is 20.8. The molecule has 2 saturated heterocycles. The molecule has 1 aliphatic carbocycles. The summed E-state index contributed by atoms with van der Waals surface area (Å²) < 4.78 is 0. The number of hydrogen-bond acceptors (Lipinski definition) is 8. The zero-order chi connectivity index (χ0) is 24.0. The maximum atomic E-state index is 12.7. The van der Waals surface area contributed by atoms with Crippen molar-refractivity contribution in [3.8, 4) is 0 Å². The maximum Gasteiger partial charge on any atom is 0.243 e. The summed E-state index contributed by atoms with van der Waals surface area (Å²) in [6, 6.07) is 4.44. The summed E-state index contributed by atoms with van der Waals surface area (Å²) in [5.41, 5.74) is 2.17. The van der Waals surface area contributed by atoms with E-state index in [1.54, 1.807) is 0 Å². The summed E-state index contributed by atoms with van der Waals surface area (Å²) in [5.74, 6) is 2.88. The van der Waals surface area contributed by atoms with Crippen LogP contribution in [0.3, 0.4) is 0 Å². The summed E-state index contributed by atoms with van der Waals surface area (Å²) in [7, 11) is 0. The Labute approximate surface area is 207 Å². The number of hydrogen-bond donors (Lipinski definition) is 3. The Morgan fingerprint density at radius 3 is 2.77 bits per heavy atom. The van der Waals surface area contributed by atoms with Crippen LogP contribution < -0.4 is 25.8 Å². The predicted molar refractivity (Wildman–Crippen MR) is 137 cm³/mol. The molecule has 6 rings (SSSR count). The lowest BCUT2D eigenvalue weighted by Gasteiger charge is -2.51. The highest BCUT2D eigenvalue weighted by molar-refractivity contribution is 5.90. The molecular formula is C26H36N8O. The van der Waals surface area contributed by atoms with E-state index >= 15 is 0 Å². The molecule has 3 aliphatic heterocycles. The van der Waals surface area contributed by atoms with Gasteiger partial charge in [-0.25, -0.2) is 9.97 Å². The number of piperazine rings is 2. The van der Waals surface area contributed by atoms with Gasteiger partial charge in [-0.15, -0.1) is 0 Å². The lowest BCUT2D eigenvalue weighted by atomic mass is 9.78. The predicted octanol–water partition coefficient (Wildman–Crippen LogP) is 2.61. The Balaban J connectivity index is 1.21. The van der Waals surface area contributed by atoms with E-state index in [-0.39, 0.29) is 17.5 Å². The molecule has 0 aromatic carbocycles. The van der Waals surface area contributed by atoms with Crippen LogP contribution in [0.25, 0.3) is 0 Å². The number of carbonyl (C=O) groups is 1. The average molecular weight is 477 g/mol. The van der Waals surface area contributed by atoms with Crippen molar-refractivity contribution in [1.29, 1.82) is 0 Å². The van der Waals surface area contributed by atoms with Gasteiger partial charge in [0.1, 0.15) is 17.7 Å². The van der Waals surface area contributed by atoms with Gasteiger partial charge in [0.15, 0.2) is 0 Å². The molecule has 2 unspecified atom stereocenters. The van der Waals surface area contributed by atoms with Gasteiger partial charge in [0, 0.05) is 50.4 Å². The normalized spacial score (nSPS) is 25.4. The Hall–Kier alpha value is -2.94. The monoisotopic (exact) mass is 476 g/mol. The number of anilines is 4. The van der Waals surface area contributed by atoms with Gasteiger partial charge < -0.3 is 25.8 Å². The molecule has 2 aromatic heterocycles. The minimum Gasteiger partial charge on any atom is -0.367 e. The van der Waals surface area contributed by atoms with Gasteiger partial charge in [-0.3, -0.25) is 4.79 Å². The van der Waals surface area contributed by atoms with Crippen LogP contribution in [0.4, 0.5) is 23.3 Å². The summed E-state index contributed by atoms with van der Waals surface area (Å²) in [4.78, 5) is 31.6. The van der Waals surface area contributed by atoms with Crippen LogP contribution in [0, 0.1) is 5.92 Å². The molecule has 35 heavy (non-hydrogen) atoms. The second-order valence-corrected chi connectivity index (χ2v) is 10.9. The number of carbonyl (C=O) groups excluding carboxylic acids is 1. The van der Waals surface area contributed by atoms with E-state index in [4.69, 9.17) is 4.98 Å². The molecule has 1 amide bonds. The molecule has 5 heterocycles. The van der Waals surface area contributed by atoms with E-state index in [1.165, 1.54) is 19.3 Å². The SMILES string of the molecule is CC(C)C1CN(c2ccc(Nc3ncc4c(n3)N3C(C4)C(=O)NCC34CCCCC4)nc2)CCN1. The Morgan fingerprint density at radius 1 is 1.14 bits per heavy atom. The largest absolute Gasteiger partial charge is 0.367 e. The first-order valence-electron chi connectivity index (χ1n) is 13.2. The number of rotatable bonds is 4. The van der Waals surface area contributed by atoms with Crippen molar-refractivity contribution >= 4 is 29.2 Å². The number of pyridine rings is 1. The number of nitrogens with one attached hydrogen (secondary N) is 3. The minimum absolute atomic E-state index is 0.0231. The van der Waals surface area contributed by atoms with Crippen LogP contribution in [-0.2, 0) is 11.2 Å². The van der Waals surface area contributed by atoms with Crippen LogP contribution in [0.5, 0.6) is 0 Å². The van der Waals surface area contributed by atoms with E-state index in [9.17, 15) is 4.79 Å². The van der Waals surface area contributed by atoms with Gasteiger partial charge in [0.05, 0.1) is 17.4 Å². The van der Waals surface area contributed by atoms with Crippen LogP contribution >= 0.6 is 0 Å². The molecule has 4 aliphatic rings. The first kappa shape index (κ1) is 22.5. The average Bonchev–Trinajstić information content (AvgIpc) is 3.28. The van der Waals surface area contributed by atoms with Crippen molar-refractivity contribution < 1.29 is 4.79 Å². The minimum atomic E-state index is -0.174. The fraction of sp³-hybridized carbons (Fsp3) is 0.615. The summed E-state index contributed by atoms with van der Waals surface area (Å²) in [6.07, 6.45) is 10.4. The molecule has 9 heteroatoms. The van der Waals surface area contributed by atoms with Crippen LogP contribution in [0.1, 0.15) is 51.5 Å². The third-order valence-corrected chi connectivity index (χ3v) is 8.35. The molecule has 3 fully saturated rings. The first-order valence-corrected chi connectivity index (χ1v) is 13.2. The fourth-order valence-corrected chi connectivity index (χ4v) is 6.33.